The smallest absolute Gasteiger partial charge is 0.357 e. The monoisotopic (exact) mass is 225 g/mol. The van der Waals surface area contributed by atoms with Crippen molar-refractivity contribution in [3.63, 3.8) is 0 Å². The van der Waals surface area contributed by atoms with E-state index in [2.05, 4.69) is 5.32 Å². The Hall–Kier alpha value is -0.420. The number of hydrogen-bond acceptors (Lipinski definition) is 5. The van der Waals surface area contributed by atoms with E-state index in [1.807, 2.05) is 0 Å². The third-order valence-corrected chi connectivity index (χ3v) is 2.80. The van der Waals surface area contributed by atoms with Gasteiger partial charge in [-0.3, -0.25) is 18.4 Å². The summed E-state index contributed by atoms with van der Waals surface area (Å²) in [5.74, 6) is -0.385. The van der Waals surface area contributed by atoms with Crippen LogP contribution < -0.4 is 5.32 Å². The number of carbonyl (C=O) groups excluding carboxylic acids is 1. The molecule has 0 saturated heterocycles. The summed E-state index contributed by atoms with van der Waals surface area (Å²) < 4.78 is 25.9. The Morgan fingerprint density at radius 2 is 1.71 bits per heavy atom. The van der Waals surface area contributed by atoms with Gasteiger partial charge in [0, 0.05) is 7.05 Å². The summed E-state index contributed by atoms with van der Waals surface area (Å²) in [6.45, 7) is 3.38. The SMILES string of the molecule is CCOP(=O)(OCC)OCC(=O)NC. The molecule has 0 fully saturated rings. The van der Waals surface area contributed by atoms with Gasteiger partial charge in [-0.2, -0.15) is 0 Å². The second-order valence-corrected chi connectivity index (χ2v) is 3.90. The van der Waals surface area contributed by atoms with Crippen LogP contribution in [-0.4, -0.2) is 32.8 Å². The fourth-order valence-electron chi connectivity index (χ4n) is 0.638. The van der Waals surface area contributed by atoms with Crippen molar-refractivity contribution in [2.24, 2.45) is 0 Å². The Kier molecular flexibility index (Phi) is 6.74. The molecule has 0 radical (unpaired) electrons. The lowest BCUT2D eigenvalue weighted by Gasteiger charge is -2.15. The number of carbonyl (C=O) groups is 1. The number of phosphoric ester groups is 1. The molecule has 0 bridgehead atoms. The molecular weight excluding hydrogens is 209 g/mol. The molecule has 84 valence electrons. The largest absolute Gasteiger partial charge is 0.475 e. The first-order valence-electron chi connectivity index (χ1n) is 4.32. The van der Waals surface area contributed by atoms with E-state index in [1.165, 1.54) is 7.05 Å². The van der Waals surface area contributed by atoms with Gasteiger partial charge in [-0.25, -0.2) is 4.57 Å². The van der Waals surface area contributed by atoms with Gasteiger partial charge in [0.25, 0.3) is 0 Å². The number of hydrogen-bond donors (Lipinski definition) is 1. The molecule has 6 nitrogen and oxygen atoms in total. The van der Waals surface area contributed by atoms with Crippen LogP contribution in [0.25, 0.3) is 0 Å². The van der Waals surface area contributed by atoms with E-state index < -0.39 is 7.82 Å². The second-order valence-electron chi connectivity index (χ2n) is 2.23. The lowest BCUT2D eigenvalue weighted by Crippen LogP contribution is -2.23. The molecule has 1 amide bonds. The van der Waals surface area contributed by atoms with Gasteiger partial charge in [0.1, 0.15) is 6.61 Å². The highest BCUT2D eigenvalue weighted by Gasteiger charge is 2.26. The summed E-state index contributed by atoms with van der Waals surface area (Å²) in [6.07, 6.45) is 0. The lowest BCUT2D eigenvalue weighted by molar-refractivity contribution is -0.123. The molecule has 0 aliphatic rings. The first-order valence-corrected chi connectivity index (χ1v) is 5.78. The van der Waals surface area contributed by atoms with Crippen molar-refractivity contribution in [1.29, 1.82) is 0 Å². The average molecular weight is 225 g/mol. The van der Waals surface area contributed by atoms with Gasteiger partial charge in [-0.05, 0) is 13.8 Å². The summed E-state index contributed by atoms with van der Waals surface area (Å²) in [5, 5.41) is 2.33. The molecular formula is C7H16NO5P. The first-order chi connectivity index (χ1) is 6.58. The molecule has 0 atom stereocenters. The van der Waals surface area contributed by atoms with Gasteiger partial charge in [-0.1, -0.05) is 0 Å². The van der Waals surface area contributed by atoms with Gasteiger partial charge in [-0.15, -0.1) is 0 Å². The highest BCUT2D eigenvalue weighted by Crippen LogP contribution is 2.48. The Labute approximate surface area is 83.5 Å². The minimum absolute atomic E-state index is 0.199. The van der Waals surface area contributed by atoms with Gasteiger partial charge < -0.3 is 5.32 Å². The van der Waals surface area contributed by atoms with Crippen molar-refractivity contribution < 1.29 is 22.9 Å². The minimum atomic E-state index is -3.55. The first kappa shape index (κ1) is 13.6. The third-order valence-electron chi connectivity index (χ3n) is 1.21. The highest BCUT2D eigenvalue weighted by molar-refractivity contribution is 7.48. The second kappa shape index (κ2) is 6.95. The Morgan fingerprint density at radius 3 is 2.07 bits per heavy atom. The Bertz CT molecular complexity index is 210. The van der Waals surface area contributed by atoms with Crippen molar-refractivity contribution >= 4 is 13.7 Å². The van der Waals surface area contributed by atoms with Crippen LogP contribution in [0, 0.1) is 0 Å². The molecule has 0 aromatic heterocycles. The van der Waals surface area contributed by atoms with Crippen LogP contribution in [-0.2, 0) is 22.9 Å². The predicted octanol–water partition coefficient (Wildman–Crippen LogP) is 0.930. The molecule has 0 aromatic rings. The topological polar surface area (TPSA) is 73.9 Å². The van der Waals surface area contributed by atoms with Crippen molar-refractivity contribution in [3.8, 4) is 0 Å². The fourth-order valence-corrected chi connectivity index (χ4v) is 1.77. The van der Waals surface area contributed by atoms with Crippen LogP contribution in [0.15, 0.2) is 0 Å². The normalized spacial score (nSPS) is 11.4. The van der Waals surface area contributed by atoms with E-state index in [-0.39, 0.29) is 25.7 Å². The number of rotatable bonds is 7. The zero-order valence-corrected chi connectivity index (χ0v) is 9.50. The zero-order valence-electron chi connectivity index (χ0n) is 8.61. The highest BCUT2D eigenvalue weighted by atomic mass is 31.2. The van der Waals surface area contributed by atoms with Gasteiger partial charge in [0.05, 0.1) is 13.2 Å². The van der Waals surface area contributed by atoms with Crippen LogP contribution in [0.5, 0.6) is 0 Å². The van der Waals surface area contributed by atoms with Crippen LogP contribution in [0.3, 0.4) is 0 Å². The molecule has 0 spiro atoms. The molecule has 0 saturated carbocycles. The molecule has 0 rings (SSSR count). The maximum atomic E-state index is 11.6. The van der Waals surface area contributed by atoms with E-state index in [0.717, 1.165) is 0 Å². The maximum absolute atomic E-state index is 11.6. The summed E-state index contributed by atoms with van der Waals surface area (Å²) in [7, 11) is -2.09. The lowest BCUT2D eigenvalue weighted by atomic mass is 10.7. The van der Waals surface area contributed by atoms with E-state index in [4.69, 9.17) is 13.6 Å². The molecule has 0 aliphatic heterocycles. The summed E-state index contributed by atoms with van der Waals surface area (Å²) in [4.78, 5) is 10.8. The molecule has 0 aliphatic carbocycles. The average Bonchev–Trinajstić information content (AvgIpc) is 2.15. The third kappa shape index (κ3) is 5.34. The number of nitrogens with one attached hydrogen (secondary N) is 1. The molecule has 0 heterocycles. The Balaban J connectivity index is 4.08. The summed E-state index contributed by atoms with van der Waals surface area (Å²) >= 11 is 0. The van der Waals surface area contributed by atoms with Crippen LogP contribution in [0.1, 0.15) is 13.8 Å². The Morgan fingerprint density at radius 1 is 1.21 bits per heavy atom. The van der Waals surface area contributed by atoms with Crippen LogP contribution in [0.2, 0.25) is 0 Å². The van der Waals surface area contributed by atoms with E-state index in [0.29, 0.717) is 0 Å². The van der Waals surface area contributed by atoms with Crippen LogP contribution >= 0.6 is 7.82 Å². The van der Waals surface area contributed by atoms with Crippen LogP contribution in [0.4, 0.5) is 0 Å². The minimum Gasteiger partial charge on any atom is -0.357 e. The number of likely N-dealkylation sites (N-methyl/N-ethyl adjacent to an activating group) is 1. The quantitative estimate of drug-likeness (QED) is 0.652. The zero-order chi connectivity index (χ0) is 11.0. The van der Waals surface area contributed by atoms with Crippen molar-refractivity contribution in [3.05, 3.63) is 0 Å². The molecule has 7 heteroatoms. The van der Waals surface area contributed by atoms with Crippen molar-refractivity contribution in [2.75, 3.05) is 26.9 Å². The fraction of sp³-hybridized carbons (Fsp3) is 0.857. The number of phosphoric acid groups is 1. The molecule has 14 heavy (non-hydrogen) atoms. The van der Waals surface area contributed by atoms with E-state index >= 15 is 0 Å². The molecule has 0 unspecified atom stereocenters. The van der Waals surface area contributed by atoms with Gasteiger partial charge in [0.2, 0.25) is 5.91 Å². The maximum Gasteiger partial charge on any atom is 0.475 e. The van der Waals surface area contributed by atoms with Crippen molar-refractivity contribution in [1.82, 2.24) is 5.32 Å². The standard InChI is InChI=1S/C7H16NO5P/c1-4-11-14(10,12-5-2)13-6-7(9)8-3/h4-6H2,1-3H3,(H,8,9). The van der Waals surface area contributed by atoms with Crippen molar-refractivity contribution in [2.45, 2.75) is 13.8 Å². The predicted molar refractivity (Wildman–Crippen MR) is 50.9 cm³/mol. The molecule has 1 N–H and O–H groups in total. The summed E-state index contributed by atoms with van der Waals surface area (Å²) in [6, 6.07) is 0. The number of amides is 1. The molecule has 0 aromatic carbocycles. The van der Waals surface area contributed by atoms with E-state index in [1.54, 1.807) is 13.8 Å². The van der Waals surface area contributed by atoms with Gasteiger partial charge >= 0.3 is 7.82 Å². The van der Waals surface area contributed by atoms with E-state index in [9.17, 15) is 9.36 Å². The van der Waals surface area contributed by atoms with Gasteiger partial charge in [0.15, 0.2) is 0 Å². The summed E-state index contributed by atoms with van der Waals surface area (Å²) in [5.41, 5.74) is 0.